The number of alkyl halides is 3. The van der Waals surface area contributed by atoms with Crippen LogP contribution in [-0.2, 0) is 15.7 Å². The van der Waals surface area contributed by atoms with Gasteiger partial charge in [-0.1, -0.05) is 24.3 Å². The number of nitrogens with zero attached hydrogens (tertiary/aromatic N) is 2. The Morgan fingerprint density at radius 2 is 1.75 bits per heavy atom. The number of aromatic nitrogens is 1. The normalized spacial score (nSPS) is 12.0. The molecule has 0 fully saturated rings. The molecule has 0 saturated carbocycles. The minimum Gasteiger partial charge on any atom is -0.444 e. The summed E-state index contributed by atoms with van der Waals surface area (Å²) in [7, 11) is 0.914. The summed E-state index contributed by atoms with van der Waals surface area (Å²) in [6.07, 6.45) is -5.49. The fourth-order valence-electron chi connectivity index (χ4n) is 2.72. The molecule has 1 aromatic heterocycles. The maximum absolute atomic E-state index is 14.0. The van der Waals surface area contributed by atoms with Crippen LogP contribution in [0, 0.1) is 23.0 Å². The largest absolute Gasteiger partial charge is 0.513 e. The van der Waals surface area contributed by atoms with Gasteiger partial charge in [-0.2, -0.15) is 18.4 Å². The zero-order chi connectivity index (χ0) is 23.5. The fraction of sp³-hybridized carbons (Fsp3) is 0.0952. The quantitative estimate of drug-likeness (QED) is 0.216. The van der Waals surface area contributed by atoms with Crippen molar-refractivity contribution >= 4 is 17.5 Å². The van der Waals surface area contributed by atoms with Gasteiger partial charge >= 0.3 is 12.3 Å². The first-order valence-electron chi connectivity index (χ1n) is 8.64. The average molecular weight is 450 g/mol. The summed E-state index contributed by atoms with van der Waals surface area (Å²) < 4.78 is 82.8. The molecule has 6 nitrogen and oxygen atoms in total. The number of carbonyl (C=O) groups excluding carboxylic acids is 1. The number of methoxy groups -OCH3 is 1. The number of hydrogen-bond donors (Lipinski definition) is 0. The molecule has 0 aliphatic carbocycles. The number of oxazole rings is 1. The van der Waals surface area contributed by atoms with Crippen LogP contribution < -0.4 is 0 Å². The third-order valence-corrected chi connectivity index (χ3v) is 4.10. The van der Waals surface area contributed by atoms with Crippen molar-refractivity contribution in [2.45, 2.75) is 6.18 Å². The second-order valence-corrected chi connectivity index (χ2v) is 6.05. The van der Waals surface area contributed by atoms with E-state index in [1.54, 1.807) is 6.07 Å². The van der Waals surface area contributed by atoms with E-state index in [1.807, 2.05) is 0 Å². The molecule has 0 bridgehead atoms. The van der Waals surface area contributed by atoms with E-state index < -0.39 is 63.6 Å². The van der Waals surface area contributed by atoms with Crippen molar-refractivity contribution in [3.63, 3.8) is 0 Å². The second kappa shape index (κ2) is 8.89. The third-order valence-electron chi connectivity index (χ3n) is 4.10. The summed E-state index contributed by atoms with van der Waals surface area (Å²) >= 11 is 0. The van der Waals surface area contributed by atoms with E-state index in [0.29, 0.717) is 6.07 Å². The molecule has 0 amide bonds. The lowest BCUT2D eigenvalue weighted by Gasteiger charge is -2.15. The number of benzene rings is 2. The predicted octanol–water partition coefficient (Wildman–Crippen LogP) is 5.81. The van der Waals surface area contributed by atoms with Crippen LogP contribution in [0.3, 0.4) is 0 Å². The Bertz CT molecular complexity index is 1220. The van der Waals surface area contributed by atoms with Crippen molar-refractivity contribution in [2.75, 3.05) is 7.11 Å². The Hall–Kier alpha value is -4.20. The Labute approximate surface area is 177 Å². The smallest absolute Gasteiger partial charge is 0.444 e. The number of halogens is 5. The molecule has 32 heavy (non-hydrogen) atoms. The zero-order valence-electron chi connectivity index (χ0n) is 16.0. The number of rotatable bonds is 4. The molecule has 3 rings (SSSR count). The highest BCUT2D eigenvalue weighted by Gasteiger charge is 2.36. The summed E-state index contributed by atoms with van der Waals surface area (Å²) in [5.41, 5.74) is -3.62. The molecule has 0 radical (unpaired) electrons. The van der Waals surface area contributed by atoms with Crippen molar-refractivity contribution < 1.29 is 40.6 Å². The minimum atomic E-state index is -4.87. The third kappa shape index (κ3) is 4.44. The van der Waals surface area contributed by atoms with E-state index in [9.17, 15) is 32.0 Å². The molecular formula is C21H11F5N2O4. The van der Waals surface area contributed by atoms with Gasteiger partial charge < -0.3 is 13.9 Å². The first-order valence-corrected chi connectivity index (χ1v) is 8.64. The van der Waals surface area contributed by atoms with E-state index >= 15 is 0 Å². The van der Waals surface area contributed by atoms with Crippen LogP contribution in [0.4, 0.5) is 26.7 Å². The number of allylic oxidation sites excluding steroid dienone is 1. The summed E-state index contributed by atoms with van der Waals surface area (Å²) in [6.45, 7) is 0. The molecule has 0 unspecified atom stereocenters. The molecule has 0 spiro atoms. The van der Waals surface area contributed by atoms with E-state index in [-0.39, 0.29) is 0 Å². The Balaban J connectivity index is 2.25. The van der Waals surface area contributed by atoms with E-state index in [2.05, 4.69) is 9.72 Å². The van der Waals surface area contributed by atoms with Gasteiger partial charge in [0.25, 0.3) is 0 Å². The van der Waals surface area contributed by atoms with Crippen molar-refractivity contribution in [2.24, 2.45) is 0 Å². The second-order valence-electron chi connectivity index (χ2n) is 6.05. The lowest BCUT2D eigenvalue weighted by Crippen LogP contribution is -2.12. The van der Waals surface area contributed by atoms with Gasteiger partial charge in [0.15, 0.2) is 5.76 Å². The highest BCUT2D eigenvalue weighted by atomic mass is 19.4. The van der Waals surface area contributed by atoms with Crippen LogP contribution >= 0.6 is 0 Å². The summed E-state index contributed by atoms with van der Waals surface area (Å²) in [4.78, 5) is 15.5. The molecule has 164 valence electrons. The Morgan fingerprint density at radius 3 is 2.34 bits per heavy atom. The lowest BCUT2D eigenvalue weighted by atomic mass is 10.0. The standard InChI is InChI=1S/C21H11F5N2O4/c1-30-20(29)32-18(11-5-2-3-6-13(11)21(24,25)26)12(9-27)16-10-31-19(28-16)17-14(22)7-4-8-15(17)23/h2-8,10H,1H3/b18-12-. The number of nitriles is 1. The molecule has 3 aromatic rings. The van der Waals surface area contributed by atoms with Gasteiger partial charge in [0.2, 0.25) is 5.89 Å². The Morgan fingerprint density at radius 1 is 1.09 bits per heavy atom. The van der Waals surface area contributed by atoms with Crippen LogP contribution in [0.2, 0.25) is 0 Å². The van der Waals surface area contributed by atoms with Crippen LogP contribution in [-0.4, -0.2) is 18.2 Å². The first kappa shape index (κ1) is 22.5. The van der Waals surface area contributed by atoms with Crippen LogP contribution in [0.15, 0.2) is 53.1 Å². The van der Waals surface area contributed by atoms with Gasteiger partial charge in [-0.25, -0.2) is 18.6 Å². The van der Waals surface area contributed by atoms with E-state index in [1.165, 1.54) is 6.07 Å². The van der Waals surface area contributed by atoms with Crippen LogP contribution in [0.5, 0.6) is 0 Å². The number of carbonyl (C=O) groups is 1. The van der Waals surface area contributed by atoms with Gasteiger partial charge in [0.1, 0.15) is 40.8 Å². The van der Waals surface area contributed by atoms with Gasteiger partial charge in [0, 0.05) is 5.56 Å². The predicted molar refractivity (Wildman–Crippen MR) is 99.2 cm³/mol. The summed E-state index contributed by atoms with van der Waals surface area (Å²) in [5, 5.41) is 9.63. The van der Waals surface area contributed by atoms with Gasteiger partial charge in [-0.15, -0.1) is 0 Å². The average Bonchev–Trinajstić information content (AvgIpc) is 3.22. The van der Waals surface area contributed by atoms with Crippen LogP contribution in [0.1, 0.15) is 16.8 Å². The van der Waals surface area contributed by atoms with E-state index in [4.69, 9.17) is 9.15 Å². The van der Waals surface area contributed by atoms with Crippen molar-refractivity contribution in [3.05, 3.63) is 77.2 Å². The van der Waals surface area contributed by atoms with Crippen molar-refractivity contribution in [3.8, 4) is 17.5 Å². The summed E-state index contributed by atoms with van der Waals surface area (Å²) in [6, 6.07) is 8.58. The van der Waals surface area contributed by atoms with Crippen molar-refractivity contribution in [1.82, 2.24) is 4.98 Å². The molecule has 2 aromatic carbocycles. The SMILES string of the molecule is COC(=O)O/C(=C(/C#N)c1coc(-c2c(F)cccc2F)n1)c1ccccc1C(F)(F)F. The lowest BCUT2D eigenvalue weighted by molar-refractivity contribution is -0.137. The monoisotopic (exact) mass is 450 g/mol. The van der Waals surface area contributed by atoms with Gasteiger partial charge in [-0.05, 0) is 18.2 Å². The fourth-order valence-corrected chi connectivity index (χ4v) is 2.72. The maximum Gasteiger partial charge on any atom is 0.513 e. The Kier molecular flexibility index (Phi) is 6.25. The molecule has 0 aliphatic rings. The highest BCUT2D eigenvalue weighted by molar-refractivity contribution is 5.96. The van der Waals surface area contributed by atoms with Gasteiger partial charge in [-0.3, -0.25) is 0 Å². The molecule has 1 heterocycles. The molecule has 0 N–H and O–H groups in total. The van der Waals surface area contributed by atoms with Gasteiger partial charge in [0.05, 0.1) is 12.7 Å². The molecule has 0 aliphatic heterocycles. The van der Waals surface area contributed by atoms with E-state index in [0.717, 1.165) is 43.7 Å². The zero-order valence-corrected chi connectivity index (χ0v) is 16.0. The topological polar surface area (TPSA) is 85.4 Å². The number of ether oxygens (including phenoxy) is 2. The number of hydrogen-bond acceptors (Lipinski definition) is 6. The highest BCUT2D eigenvalue weighted by Crippen LogP contribution is 2.38. The molecular weight excluding hydrogens is 439 g/mol. The molecule has 11 heteroatoms. The summed E-state index contributed by atoms with van der Waals surface area (Å²) in [5.74, 6) is -3.45. The molecule has 0 atom stereocenters. The maximum atomic E-state index is 14.0. The van der Waals surface area contributed by atoms with Crippen molar-refractivity contribution in [1.29, 1.82) is 5.26 Å². The molecule has 0 saturated heterocycles. The minimum absolute atomic E-state index is 0.430. The first-order chi connectivity index (χ1) is 15.2. The van der Waals surface area contributed by atoms with Crippen LogP contribution in [0.25, 0.3) is 22.8 Å².